The summed E-state index contributed by atoms with van der Waals surface area (Å²) in [5.41, 5.74) is -0.405. The quantitative estimate of drug-likeness (QED) is 0.717. The first-order valence-electron chi connectivity index (χ1n) is 7.97. The molecule has 0 amide bonds. The van der Waals surface area contributed by atoms with Gasteiger partial charge in [-0.15, -0.1) is 0 Å². The lowest BCUT2D eigenvalue weighted by Crippen LogP contribution is -2.47. The molecule has 1 aliphatic heterocycles. The summed E-state index contributed by atoms with van der Waals surface area (Å²) in [5, 5.41) is 12.7. The van der Waals surface area contributed by atoms with Gasteiger partial charge in [-0.1, -0.05) is 0 Å². The summed E-state index contributed by atoms with van der Waals surface area (Å²) in [7, 11) is -2.82. The number of hydrogen-bond donors (Lipinski definition) is 1. The van der Waals surface area contributed by atoms with Gasteiger partial charge in [0.25, 0.3) is 0 Å². The van der Waals surface area contributed by atoms with Crippen LogP contribution in [0.2, 0.25) is 0 Å². The van der Waals surface area contributed by atoms with Gasteiger partial charge in [-0.25, -0.2) is 8.42 Å². The highest BCUT2D eigenvalue weighted by atomic mass is 32.2. The molecule has 2 fully saturated rings. The van der Waals surface area contributed by atoms with E-state index in [9.17, 15) is 13.7 Å². The summed E-state index contributed by atoms with van der Waals surface area (Å²) in [6.45, 7) is 5.56. The summed E-state index contributed by atoms with van der Waals surface area (Å²) in [6.07, 6.45) is 5.27. The fourth-order valence-corrected chi connectivity index (χ4v) is 4.62. The largest absolute Gasteiger partial charge is 0.299 e. The smallest absolute Gasteiger partial charge is 0.153 e. The highest BCUT2D eigenvalue weighted by Gasteiger charge is 2.32. The van der Waals surface area contributed by atoms with Crippen LogP contribution in [0, 0.1) is 11.3 Å². The first-order valence-corrected chi connectivity index (χ1v) is 9.79. The Labute approximate surface area is 128 Å². The van der Waals surface area contributed by atoms with E-state index in [1.54, 1.807) is 0 Å². The zero-order valence-electron chi connectivity index (χ0n) is 13.1. The van der Waals surface area contributed by atoms with Crippen LogP contribution in [0.25, 0.3) is 0 Å². The summed E-state index contributed by atoms with van der Waals surface area (Å²) in [4.78, 5) is 2.26. The SMILES string of the molecule is CC1CS(=O)(=O)CCN1CCCCC(C)(C#N)NC1CC1. The van der Waals surface area contributed by atoms with Crippen molar-refractivity contribution in [1.82, 2.24) is 10.2 Å². The molecule has 0 aromatic carbocycles. The van der Waals surface area contributed by atoms with Crippen LogP contribution in [-0.2, 0) is 9.84 Å². The van der Waals surface area contributed by atoms with Crippen molar-refractivity contribution >= 4 is 9.84 Å². The molecule has 2 rings (SSSR count). The topological polar surface area (TPSA) is 73.2 Å². The van der Waals surface area contributed by atoms with Gasteiger partial charge >= 0.3 is 0 Å². The average Bonchev–Trinajstić information content (AvgIpc) is 3.20. The van der Waals surface area contributed by atoms with E-state index in [0.717, 1.165) is 25.8 Å². The second kappa shape index (κ2) is 6.64. The maximum Gasteiger partial charge on any atom is 0.153 e. The third-order valence-electron chi connectivity index (χ3n) is 4.53. The Morgan fingerprint density at radius 2 is 2.10 bits per heavy atom. The zero-order valence-corrected chi connectivity index (χ0v) is 14.0. The van der Waals surface area contributed by atoms with Crippen molar-refractivity contribution in [1.29, 1.82) is 5.26 Å². The van der Waals surface area contributed by atoms with E-state index in [4.69, 9.17) is 0 Å². The Bertz CT molecular complexity index is 496. The minimum absolute atomic E-state index is 0.121. The van der Waals surface area contributed by atoms with Gasteiger partial charge in [-0.2, -0.15) is 5.26 Å². The van der Waals surface area contributed by atoms with Crippen molar-refractivity contribution in [2.24, 2.45) is 0 Å². The van der Waals surface area contributed by atoms with Crippen LogP contribution in [0.5, 0.6) is 0 Å². The predicted molar refractivity (Wildman–Crippen MR) is 83.7 cm³/mol. The van der Waals surface area contributed by atoms with E-state index in [0.29, 0.717) is 12.6 Å². The molecule has 1 saturated carbocycles. The predicted octanol–water partition coefficient (Wildman–Crippen LogP) is 1.31. The molecular formula is C15H27N3O2S. The molecular weight excluding hydrogens is 286 g/mol. The number of nitrogens with zero attached hydrogens (tertiary/aromatic N) is 2. The minimum Gasteiger partial charge on any atom is -0.299 e. The Hall–Kier alpha value is -0.640. The first kappa shape index (κ1) is 16.7. The Morgan fingerprint density at radius 1 is 1.38 bits per heavy atom. The fourth-order valence-electron chi connectivity index (χ4n) is 3.00. The molecule has 0 aromatic rings. The summed E-state index contributed by atoms with van der Waals surface area (Å²) in [6, 6.07) is 3.07. The van der Waals surface area contributed by atoms with Gasteiger partial charge in [-0.05, 0) is 52.5 Å². The van der Waals surface area contributed by atoms with Crippen LogP contribution in [0.15, 0.2) is 0 Å². The zero-order chi connectivity index (χ0) is 15.5. The average molecular weight is 313 g/mol. The standard InChI is InChI=1S/C15H27N3O2S/c1-13-11-21(19,20)10-9-18(13)8-4-3-7-15(2,12-16)17-14-5-6-14/h13-14,17H,3-11H2,1-2H3. The highest BCUT2D eigenvalue weighted by molar-refractivity contribution is 7.91. The molecule has 0 bridgehead atoms. The second-order valence-electron chi connectivity index (χ2n) is 6.82. The van der Waals surface area contributed by atoms with E-state index < -0.39 is 15.4 Å². The van der Waals surface area contributed by atoms with Crippen molar-refractivity contribution < 1.29 is 8.42 Å². The molecule has 0 aromatic heterocycles. The normalized spacial score (nSPS) is 28.7. The lowest BCUT2D eigenvalue weighted by molar-refractivity contribution is 0.219. The number of nitrogens with one attached hydrogen (secondary N) is 1. The van der Waals surface area contributed by atoms with E-state index in [2.05, 4.69) is 16.3 Å². The van der Waals surface area contributed by atoms with Crippen molar-refractivity contribution in [3.05, 3.63) is 0 Å². The van der Waals surface area contributed by atoms with Gasteiger partial charge in [0.2, 0.25) is 0 Å². The molecule has 21 heavy (non-hydrogen) atoms. The monoisotopic (exact) mass is 313 g/mol. The van der Waals surface area contributed by atoms with Crippen LogP contribution in [0.3, 0.4) is 0 Å². The van der Waals surface area contributed by atoms with Crippen LogP contribution >= 0.6 is 0 Å². The Morgan fingerprint density at radius 3 is 2.67 bits per heavy atom. The highest BCUT2D eigenvalue weighted by Crippen LogP contribution is 2.25. The first-order chi connectivity index (χ1) is 9.84. The van der Waals surface area contributed by atoms with Gasteiger partial charge in [0.15, 0.2) is 9.84 Å². The van der Waals surface area contributed by atoms with E-state index in [1.807, 2.05) is 13.8 Å². The molecule has 1 N–H and O–H groups in total. The molecule has 1 saturated heterocycles. The summed E-state index contributed by atoms with van der Waals surface area (Å²) >= 11 is 0. The second-order valence-corrected chi connectivity index (χ2v) is 9.05. The van der Waals surface area contributed by atoms with Gasteiger partial charge in [0, 0.05) is 18.6 Å². The summed E-state index contributed by atoms with van der Waals surface area (Å²) < 4.78 is 23.1. The lowest BCUT2D eigenvalue weighted by Gasteiger charge is -2.33. The van der Waals surface area contributed by atoms with Gasteiger partial charge in [0.05, 0.1) is 17.6 Å². The molecule has 120 valence electrons. The van der Waals surface area contributed by atoms with Crippen LogP contribution in [0.4, 0.5) is 0 Å². The maximum atomic E-state index is 11.5. The van der Waals surface area contributed by atoms with Crippen LogP contribution in [0.1, 0.15) is 46.0 Å². The van der Waals surface area contributed by atoms with Crippen molar-refractivity contribution in [2.45, 2.75) is 63.6 Å². The number of hydrogen-bond acceptors (Lipinski definition) is 5. The summed E-state index contributed by atoms with van der Waals surface area (Å²) in [5.74, 6) is 0.572. The minimum atomic E-state index is -2.82. The molecule has 2 unspecified atom stereocenters. The molecule has 6 heteroatoms. The molecule has 2 aliphatic rings. The van der Waals surface area contributed by atoms with Gasteiger partial charge in [0.1, 0.15) is 5.54 Å². The van der Waals surface area contributed by atoms with Crippen molar-refractivity contribution in [3.8, 4) is 6.07 Å². The number of sulfone groups is 1. The number of rotatable bonds is 7. The van der Waals surface area contributed by atoms with Crippen molar-refractivity contribution in [3.63, 3.8) is 0 Å². The molecule has 1 heterocycles. The fraction of sp³-hybridized carbons (Fsp3) is 0.933. The molecule has 5 nitrogen and oxygen atoms in total. The van der Waals surface area contributed by atoms with E-state index >= 15 is 0 Å². The third-order valence-corrected chi connectivity index (χ3v) is 6.32. The Kier molecular flexibility index (Phi) is 5.29. The molecule has 1 aliphatic carbocycles. The maximum absolute atomic E-state index is 11.5. The molecule has 0 radical (unpaired) electrons. The van der Waals surface area contributed by atoms with Crippen LogP contribution < -0.4 is 5.32 Å². The Balaban J connectivity index is 1.68. The third kappa shape index (κ3) is 5.24. The number of unbranched alkanes of at least 4 members (excludes halogenated alkanes) is 1. The van der Waals surface area contributed by atoms with Crippen LogP contribution in [-0.4, -0.2) is 55.5 Å². The molecule has 0 spiro atoms. The van der Waals surface area contributed by atoms with E-state index in [1.165, 1.54) is 12.8 Å². The van der Waals surface area contributed by atoms with Gasteiger partial charge < -0.3 is 0 Å². The molecule has 2 atom stereocenters. The lowest BCUT2D eigenvalue weighted by atomic mass is 9.96. The van der Waals surface area contributed by atoms with E-state index in [-0.39, 0.29) is 17.5 Å². The van der Waals surface area contributed by atoms with Crippen molar-refractivity contribution in [2.75, 3.05) is 24.6 Å². The van der Waals surface area contributed by atoms with Gasteiger partial charge in [-0.3, -0.25) is 10.2 Å². The number of nitriles is 1.